The lowest BCUT2D eigenvalue weighted by atomic mass is 10.0. The SMILES string of the molecule is OCCN1C[C@@H]2CN(c3ccc4nc(-c5ccc(F)cc5)c(-c5ccnc6[nH]ccc56)n4n3)C[C@@H]2C1. The number of nitrogens with zero attached hydrogens (tertiary/aromatic N) is 6. The van der Waals surface area contributed by atoms with Gasteiger partial charge in [0.25, 0.3) is 0 Å². The first-order valence-corrected chi connectivity index (χ1v) is 12.3. The van der Waals surface area contributed by atoms with Crippen molar-refractivity contribution in [2.75, 3.05) is 44.2 Å². The Bertz CT molecular complexity index is 1550. The van der Waals surface area contributed by atoms with E-state index >= 15 is 0 Å². The minimum absolute atomic E-state index is 0.213. The predicted molar refractivity (Wildman–Crippen MR) is 136 cm³/mol. The maximum absolute atomic E-state index is 13.7. The van der Waals surface area contributed by atoms with Crippen LogP contribution in [0.1, 0.15) is 0 Å². The molecule has 7 rings (SSSR count). The molecule has 5 aromatic rings. The summed E-state index contributed by atoms with van der Waals surface area (Å²) in [4.78, 5) is 17.3. The number of β-amino-alcohol motifs (C(OH)–C–C–N with tert-alkyl or cyclic N) is 1. The zero-order valence-corrected chi connectivity index (χ0v) is 19.7. The molecule has 0 bridgehead atoms. The van der Waals surface area contributed by atoms with Gasteiger partial charge < -0.3 is 19.9 Å². The van der Waals surface area contributed by atoms with Crippen molar-refractivity contribution in [3.63, 3.8) is 0 Å². The van der Waals surface area contributed by atoms with Crippen LogP contribution in [0.25, 0.3) is 39.2 Å². The van der Waals surface area contributed by atoms with E-state index < -0.39 is 0 Å². The van der Waals surface area contributed by atoms with Gasteiger partial charge in [-0.3, -0.25) is 0 Å². The van der Waals surface area contributed by atoms with Gasteiger partial charge in [0, 0.05) is 61.6 Å². The Hall–Kier alpha value is -3.82. The monoisotopic (exact) mass is 483 g/mol. The number of hydrogen-bond acceptors (Lipinski definition) is 6. The molecule has 2 atom stereocenters. The summed E-state index contributed by atoms with van der Waals surface area (Å²) in [7, 11) is 0. The van der Waals surface area contributed by atoms with E-state index in [9.17, 15) is 9.50 Å². The van der Waals surface area contributed by atoms with Gasteiger partial charge in [0.2, 0.25) is 0 Å². The number of hydrogen-bond donors (Lipinski definition) is 2. The lowest BCUT2D eigenvalue weighted by Gasteiger charge is -2.21. The molecule has 0 amide bonds. The number of nitrogens with one attached hydrogen (secondary N) is 1. The smallest absolute Gasteiger partial charge is 0.155 e. The van der Waals surface area contributed by atoms with Gasteiger partial charge in [-0.05, 0) is 60.4 Å². The summed E-state index contributed by atoms with van der Waals surface area (Å²) in [6.45, 7) is 4.93. The standard InChI is InChI=1S/C27H26FN7O/c28-20-3-1-17(2-4-20)25-26(21-7-9-29-27-22(21)8-10-30-27)35-23(31-25)5-6-24(32-35)34-15-18-13-33(11-12-36)14-19(18)16-34/h1-10,18-19,36H,11-16H2,(H,29,30)/t18-,19+. The van der Waals surface area contributed by atoms with Crippen molar-refractivity contribution in [1.29, 1.82) is 0 Å². The fraction of sp³-hybridized carbons (Fsp3) is 0.296. The molecule has 0 unspecified atom stereocenters. The van der Waals surface area contributed by atoms with Crippen molar-refractivity contribution in [1.82, 2.24) is 29.5 Å². The first-order valence-electron chi connectivity index (χ1n) is 12.3. The molecule has 0 spiro atoms. The van der Waals surface area contributed by atoms with Crippen LogP contribution >= 0.6 is 0 Å². The topological polar surface area (TPSA) is 85.6 Å². The Morgan fingerprint density at radius 3 is 2.56 bits per heavy atom. The summed E-state index contributed by atoms with van der Waals surface area (Å²) >= 11 is 0. The Morgan fingerprint density at radius 1 is 0.972 bits per heavy atom. The second-order valence-corrected chi connectivity index (χ2v) is 9.78. The van der Waals surface area contributed by atoms with E-state index in [0.717, 1.165) is 77.7 Å². The van der Waals surface area contributed by atoms with Crippen LogP contribution in [0.3, 0.4) is 0 Å². The van der Waals surface area contributed by atoms with Crippen LogP contribution in [0.15, 0.2) is 60.9 Å². The number of imidazole rings is 1. The highest BCUT2D eigenvalue weighted by molar-refractivity contribution is 5.96. The number of pyridine rings is 1. The van der Waals surface area contributed by atoms with Gasteiger partial charge in [-0.15, -0.1) is 5.10 Å². The van der Waals surface area contributed by atoms with E-state index in [1.165, 1.54) is 12.1 Å². The summed E-state index contributed by atoms with van der Waals surface area (Å²) in [5.41, 5.74) is 4.95. The van der Waals surface area contributed by atoms with Crippen molar-refractivity contribution in [3.8, 4) is 22.5 Å². The van der Waals surface area contributed by atoms with E-state index in [1.54, 1.807) is 18.3 Å². The van der Waals surface area contributed by atoms with Crippen LogP contribution in [0.2, 0.25) is 0 Å². The van der Waals surface area contributed by atoms with Crippen molar-refractivity contribution in [3.05, 3.63) is 66.7 Å². The molecule has 9 heteroatoms. The van der Waals surface area contributed by atoms with Gasteiger partial charge in [-0.25, -0.2) is 18.9 Å². The molecule has 2 aliphatic heterocycles. The molecule has 8 nitrogen and oxygen atoms in total. The molecule has 2 saturated heterocycles. The average molecular weight is 484 g/mol. The molecule has 36 heavy (non-hydrogen) atoms. The molecule has 0 radical (unpaired) electrons. The summed E-state index contributed by atoms with van der Waals surface area (Å²) < 4.78 is 15.6. The van der Waals surface area contributed by atoms with Crippen LogP contribution in [0.4, 0.5) is 10.2 Å². The van der Waals surface area contributed by atoms with Crippen LogP contribution in [-0.4, -0.2) is 73.9 Å². The van der Waals surface area contributed by atoms with Crippen LogP contribution in [0.5, 0.6) is 0 Å². The predicted octanol–water partition coefficient (Wildman–Crippen LogP) is 3.44. The van der Waals surface area contributed by atoms with Crippen LogP contribution in [-0.2, 0) is 0 Å². The van der Waals surface area contributed by atoms with E-state index in [1.807, 2.05) is 35.0 Å². The number of halogens is 1. The Balaban J connectivity index is 1.34. The van der Waals surface area contributed by atoms with Gasteiger partial charge >= 0.3 is 0 Å². The number of aliphatic hydroxyl groups excluding tert-OH is 1. The fourth-order valence-corrected chi connectivity index (χ4v) is 5.91. The number of aromatic nitrogens is 5. The van der Waals surface area contributed by atoms with Gasteiger partial charge in [0.05, 0.1) is 12.3 Å². The second kappa shape index (κ2) is 8.39. The molecular weight excluding hydrogens is 457 g/mol. The van der Waals surface area contributed by atoms with Crippen molar-refractivity contribution in [2.45, 2.75) is 0 Å². The molecule has 0 saturated carbocycles. The molecule has 1 aromatic carbocycles. The number of likely N-dealkylation sites (tertiary alicyclic amines) is 1. The maximum Gasteiger partial charge on any atom is 0.155 e. The summed E-state index contributed by atoms with van der Waals surface area (Å²) in [5.74, 6) is 1.82. The zero-order chi connectivity index (χ0) is 24.2. The lowest BCUT2D eigenvalue weighted by molar-refractivity contribution is 0.214. The van der Waals surface area contributed by atoms with Crippen molar-refractivity contribution >= 4 is 22.5 Å². The third-order valence-corrected chi connectivity index (χ3v) is 7.60. The molecule has 2 fully saturated rings. The largest absolute Gasteiger partial charge is 0.395 e. The zero-order valence-electron chi connectivity index (χ0n) is 19.7. The van der Waals surface area contributed by atoms with Crippen LogP contribution < -0.4 is 4.90 Å². The third kappa shape index (κ3) is 3.46. The molecule has 4 aromatic heterocycles. The number of rotatable bonds is 5. The Morgan fingerprint density at radius 2 is 1.78 bits per heavy atom. The lowest BCUT2D eigenvalue weighted by Crippen LogP contribution is -2.31. The Labute approximate surface area is 207 Å². The average Bonchev–Trinajstić information content (AvgIpc) is 3.66. The first kappa shape index (κ1) is 21.5. The van der Waals surface area contributed by atoms with Gasteiger partial charge in [0.15, 0.2) is 5.65 Å². The number of aromatic amines is 1. The van der Waals surface area contributed by atoms with Crippen molar-refractivity contribution in [2.24, 2.45) is 11.8 Å². The number of anilines is 1. The minimum atomic E-state index is -0.279. The van der Waals surface area contributed by atoms with E-state index in [-0.39, 0.29) is 12.4 Å². The third-order valence-electron chi connectivity index (χ3n) is 7.60. The van der Waals surface area contributed by atoms with Crippen molar-refractivity contribution < 1.29 is 9.50 Å². The normalized spacial score (nSPS) is 20.1. The highest BCUT2D eigenvalue weighted by Gasteiger charge is 2.40. The number of benzene rings is 1. The van der Waals surface area contributed by atoms with Crippen LogP contribution in [0, 0.1) is 17.7 Å². The maximum atomic E-state index is 13.7. The molecule has 2 aliphatic rings. The highest BCUT2D eigenvalue weighted by atomic mass is 19.1. The summed E-state index contributed by atoms with van der Waals surface area (Å²) in [6.07, 6.45) is 3.66. The molecule has 182 valence electrons. The summed E-state index contributed by atoms with van der Waals surface area (Å²) in [5, 5.41) is 15.4. The molecular formula is C27H26FN7O. The van der Waals surface area contributed by atoms with Gasteiger partial charge in [0.1, 0.15) is 23.0 Å². The van der Waals surface area contributed by atoms with Gasteiger partial charge in [-0.2, -0.15) is 0 Å². The summed E-state index contributed by atoms with van der Waals surface area (Å²) in [6, 6.07) is 14.5. The van der Waals surface area contributed by atoms with Gasteiger partial charge in [-0.1, -0.05) is 0 Å². The molecule has 2 N–H and O–H groups in total. The molecule has 0 aliphatic carbocycles. The number of H-pyrrole nitrogens is 1. The van der Waals surface area contributed by atoms with E-state index in [2.05, 4.69) is 19.8 Å². The number of aliphatic hydroxyl groups is 1. The number of fused-ring (bicyclic) bond motifs is 3. The first-order chi connectivity index (χ1) is 17.7. The minimum Gasteiger partial charge on any atom is -0.395 e. The fourth-order valence-electron chi connectivity index (χ4n) is 5.91. The highest BCUT2D eigenvalue weighted by Crippen LogP contribution is 2.37. The van der Waals surface area contributed by atoms with E-state index in [4.69, 9.17) is 10.1 Å². The second-order valence-electron chi connectivity index (χ2n) is 9.78. The van der Waals surface area contributed by atoms with E-state index in [0.29, 0.717) is 11.8 Å². The molecule has 6 heterocycles. The quantitative estimate of drug-likeness (QED) is 0.398. The Kier molecular flexibility index (Phi) is 5.00.